The van der Waals surface area contributed by atoms with Gasteiger partial charge in [-0.25, -0.2) is 13.5 Å². The van der Waals surface area contributed by atoms with Gasteiger partial charge in [-0.1, -0.05) is 12.1 Å². The normalized spacial score (nSPS) is 11.5. The average molecular weight is 283 g/mol. The molecule has 0 saturated carbocycles. The number of rotatable bonds is 3. The number of carboxylic acids is 1. The molecule has 0 aliphatic rings. The first-order valence-corrected chi connectivity index (χ1v) is 6.53. The van der Waals surface area contributed by atoms with Crippen molar-refractivity contribution in [1.82, 2.24) is 3.97 Å². The van der Waals surface area contributed by atoms with Crippen LogP contribution in [-0.4, -0.2) is 18.4 Å². The van der Waals surface area contributed by atoms with Gasteiger partial charge in [-0.05, 0) is 23.8 Å². The Morgan fingerprint density at radius 2 is 2.00 bits per heavy atom. The third-order valence-electron chi connectivity index (χ3n) is 2.46. The summed E-state index contributed by atoms with van der Waals surface area (Å²) in [5.41, 5.74) is -0.428. The number of aromatic nitrogens is 1. The van der Waals surface area contributed by atoms with E-state index in [4.69, 9.17) is 5.14 Å². The summed E-state index contributed by atoms with van der Waals surface area (Å²) in [6.45, 7) is 0. The van der Waals surface area contributed by atoms with Crippen LogP contribution in [0.5, 0.6) is 0 Å². The molecule has 1 aromatic heterocycles. The van der Waals surface area contributed by atoms with Crippen LogP contribution in [0.25, 0.3) is 11.1 Å². The third-order valence-corrected chi connectivity index (χ3v) is 3.31. The van der Waals surface area contributed by atoms with Crippen molar-refractivity contribution in [2.24, 2.45) is 5.14 Å². The molecule has 0 saturated heterocycles. The van der Waals surface area contributed by atoms with Crippen LogP contribution in [0.4, 0.5) is 4.39 Å². The summed E-state index contributed by atoms with van der Waals surface area (Å²) >= 11 is 0. The van der Waals surface area contributed by atoms with E-state index in [0.29, 0.717) is 3.97 Å². The molecule has 0 radical (unpaired) electrons. The molecule has 0 aliphatic heterocycles. The second-order valence-corrected chi connectivity index (χ2v) is 5.14. The molecule has 8 heteroatoms. The molecule has 0 fully saturated rings. The fourth-order valence-corrected chi connectivity index (χ4v) is 2.37. The molecule has 1 aromatic carbocycles. The van der Waals surface area contributed by atoms with Gasteiger partial charge >= 0.3 is 10.2 Å². The number of benzene rings is 1. The summed E-state index contributed by atoms with van der Waals surface area (Å²) in [7, 11) is -4.27. The Kier molecular flexibility index (Phi) is 3.13. The summed E-state index contributed by atoms with van der Waals surface area (Å²) in [6.07, 6.45) is 0.973. The van der Waals surface area contributed by atoms with Crippen molar-refractivity contribution < 1.29 is 22.7 Å². The highest BCUT2D eigenvalue weighted by Gasteiger charge is 2.18. The van der Waals surface area contributed by atoms with Gasteiger partial charge in [-0.15, -0.1) is 0 Å². The van der Waals surface area contributed by atoms with Crippen molar-refractivity contribution in [3.63, 3.8) is 0 Å². The molecular formula is C11H8FN2O4S-. The van der Waals surface area contributed by atoms with E-state index < -0.39 is 27.7 Å². The maximum Gasteiger partial charge on any atom is 0.302 e. The minimum absolute atomic E-state index is 0.00789. The van der Waals surface area contributed by atoms with Crippen molar-refractivity contribution in [1.29, 1.82) is 0 Å². The lowest BCUT2D eigenvalue weighted by Crippen LogP contribution is -2.31. The second kappa shape index (κ2) is 4.48. The average Bonchev–Trinajstić information content (AvgIpc) is 2.72. The largest absolute Gasteiger partial charge is 0.543 e. The van der Waals surface area contributed by atoms with Gasteiger partial charge in [-0.3, -0.25) is 0 Å². The van der Waals surface area contributed by atoms with Gasteiger partial charge in [0.2, 0.25) is 0 Å². The minimum atomic E-state index is -4.27. The highest BCUT2D eigenvalue weighted by Crippen LogP contribution is 2.25. The van der Waals surface area contributed by atoms with E-state index >= 15 is 0 Å². The van der Waals surface area contributed by atoms with Gasteiger partial charge in [0.05, 0.1) is 11.7 Å². The van der Waals surface area contributed by atoms with Crippen molar-refractivity contribution in [2.45, 2.75) is 0 Å². The Labute approximate surface area is 108 Å². The fourth-order valence-electron chi connectivity index (χ4n) is 1.72. The SMILES string of the molecule is NS(=O)(=O)n1ccc(-c2cccc(F)c2)c1C(=O)[O-]. The quantitative estimate of drug-likeness (QED) is 0.835. The molecule has 2 rings (SSSR count). The zero-order valence-electron chi connectivity index (χ0n) is 9.41. The molecule has 0 bridgehead atoms. The molecule has 100 valence electrons. The third kappa shape index (κ3) is 2.49. The lowest BCUT2D eigenvalue weighted by molar-refractivity contribution is -0.255. The Hall–Kier alpha value is -2.19. The second-order valence-electron chi connectivity index (χ2n) is 3.72. The van der Waals surface area contributed by atoms with E-state index in [1.165, 1.54) is 24.3 Å². The number of hydrogen-bond acceptors (Lipinski definition) is 4. The highest BCUT2D eigenvalue weighted by atomic mass is 32.2. The predicted molar refractivity (Wildman–Crippen MR) is 62.7 cm³/mol. The zero-order chi connectivity index (χ0) is 14.2. The van der Waals surface area contributed by atoms with Crippen LogP contribution in [0.15, 0.2) is 36.5 Å². The lowest BCUT2D eigenvalue weighted by Gasteiger charge is -2.10. The number of nitrogens with zero attached hydrogens (tertiary/aromatic N) is 1. The smallest absolute Gasteiger partial charge is 0.302 e. The first-order chi connectivity index (χ1) is 8.80. The number of carboxylic acid groups (broad SMARTS) is 1. The van der Waals surface area contributed by atoms with E-state index in [0.717, 1.165) is 12.3 Å². The van der Waals surface area contributed by atoms with Gasteiger partial charge < -0.3 is 9.90 Å². The van der Waals surface area contributed by atoms with E-state index in [1.807, 2.05) is 0 Å². The number of halogens is 1. The van der Waals surface area contributed by atoms with E-state index in [2.05, 4.69) is 0 Å². The first-order valence-electron chi connectivity index (χ1n) is 5.02. The molecule has 0 atom stereocenters. The van der Waals surface area contributed by atoms with Gasteiger partial charge in [0.25, 0.3) is 0 Å². The molecule has 2 N–H and O–H groups in total. The highest BCUT2D eigenvalue weighted by molar-refractivity contribution is 7.87. The van der Waals surface area contributed by atoms with Gasteiger partial charge in [-0.2, -0.15) is 8.42 Å². The zero-order valence-corrected chi connectivity index (χ0v) is 10.2. The van der Waals surface area contributed by atoms with E-state index in [9.17, 15) is 22.7 Å². The standard InChI is InChI=1S/C11H9FN2O4S/c12-8-3-1-2-7(6-8)9-4-5-14(19(13,17)18)10(9)11(15)16/h1-6H,(H,15,16)(H2,13,17,18)/p-1. The Balaban J connectivity index is 2.73. The molecule has 0 unspecified atom stereocenters. The molecule has 1 heterocycles. The molecular weight excluding hydrogens is 275 g/mol. The van der Waals surface area contributed by atoms with Crippen molar-refractivity contribution >= 4 is 16.2 Å². The summed E-state index contributed by atoms with van der Waals surface area (Å²) < 4.78 is 36.0. The van der Waals surface area contributed by atoms with E-state index in [1.54, 1.807) is 0 Å². The van der Waals surface area contributed by atoms with Crippen LogP contribution >= 0.6 is 0 Å². The maximum absolute atomic E-state index is 13.1. The molecule has 2 aromatic rings. The Morgan fingerprint density at radius 3 is 2.53 bits per heavy atom. The van der Waals surface area contributed by atoms with Crippen LogP contribution in [-0.2, 0) is 10.2 Å². The number of aromatic carboxylic acids is 1. The van der Waals surface area contributed by atoms with Crippen molar-refractivity contribution in [2.75, 3.05) is 0 Å². The summed E-state index contributed by atoms with van der Waals surface area (Å²) in [5.74, 6) is -2.30. The lowest BCUT2D eigenvalue weighted by atomic mass is 10.1. The number of carbonyl (C=O) groups is 1. The summed E-state index contributed by atoms with van der Waals surface area (Å²) in [5, 5.41) is 15.9. The van der Waals surface area contributed by atoms with E-state index in [-0.39, 0.29) is 11.1 Å². The van der Waals surface area contributed by atoms with Crippen LogP contribution in [0.2, 0.25) is 0 Å². The maximum atomic E-state index is 13.1. The number of nitrogens with two attached hydrogens (primary N) is 1. The molecule has 6 nitrogen and oxygen atoms in total. The van der Waals surface area contributed by atoms with Crippen LogP contribution in [0.3, 0.4) is 0 Å². The fraction of sp³-hybridized carbons (Fsp3) is 0. The Morgan fingerprint density at radius 1 is 1.32 bits per heavy atom. The summed E-state index contributed by atoms with van der Waals surface area (Å²) in [4.78, 5) is 11.1. The minimum Gasteiger partial charge on any atom is -0.543 e. The first kappa shape index (κ1) is 13.2. The number of carbonyl (C=O) groups excluding carboxylic acids is 1. The van der Waals surface area contributed by atoms with Crippen LogP contribution in [0.1, 0.15) is 10.5 Å². The van der Waals surface area contributed by atoms with Gasteiger partial charge in [0, 0.05) is 11.8 Å². The topological polar surface area (TPSA) is 105 Å². The summed E-state index contributed by atoms with van der Waals surface area (Å²) in [6, 6.07) is 6.29. The van der Waals surface area contributed by atoms with Crippen LogP contribution < -0.4 is 10.2 Å². The molecule has 0 aliphatic carbocycles. The van der Waals surface area contributed by atoms with Gasteiger partial charge in [0.1, 0.15) is 5.82 Å². The Bertz CT molecular complexity index is 752. The van der Waals surface area contributed by atoms with Crippen molar-refractivity contribution in [3.8, 4) is 11.1 Å². The number of hydrogen-bond donors (Lipinski definition) is 1. The molecule has 0 amide bonds. The molecule has 0 spiro atoms. The van der Waals surface area contributed by atoms with Crippen molar-refractivity contribution in [3.05, 3.63) is 48.0 Å². The van der Waals surface area contributed by atoms with Crippen LogP contribution in [0, 0.1) is 5.82 Å². The van der Waals surface area contributed by atoms with Gasteiger partial charge in [0.15, 0.2) is 0 Å². The molecule has 19 heavy (non-hydrogen) atoms. The predicted octanol–water partition coefficient (Wildman–Crippen LogP) is -0.291. The monoisotopic (exact) mass is 283 g/mol.